The fourth-order valence-corrected chi connectivity index (χ4v) is 2.42. The molecule has 118 valence electrons. The number of nitrogens with zero attached hydrogens (tertiary/aromatic N) is 2. The summed E-state index contributed by atoms with van der Waals surface area (Å²) in [5.74, 6) is 1.65. The molecule has 2 atom stereocenters. The van der Waals surface area contributed by atoms with Crippen LogP contribution in [0.3, 0.4) is 0 Å². The van der Waals surface area contributed by atoms with Gasteiger partial charge in [0.05, 0.1) is 12.1 Å². The standard InChI is InChI=1S/C15H25N3O3/c1-10(2)15-17-14(21-18-15)8-4-7-13(19)16-11(3)12-6-5-9-20-12/h10-12H,4-9H2,1-3H3,(H,16,19)/t11-,12+/m0/s1. The van der Waals surface area contributed by atoms with Gasteiger partial charge in [-0.2, -0.15) is 4.98 Å². The molecule has 21 heavy (non-hydrogen) atoms. The second-order valence-corrected chi connectivity index (χ2v) is 5.96. The van der Waals surface area contributed by atoms with Gasteiger partial charge in [0.15, 0.2) is 5.82 Å². The van der Waals surface area contributed by atoms with Gasteiger partial charge >= 0.3 is 0 Å². The summed E-state index contributed by atoms with van der Waals surface area (Å²) in [5, 5.41) is 6.91. The van der Waals surface area contributed by atoms with Crippen LogP contribution in [0.15, 0.2) is 4.52 Å². The third kappa shape index (κ3) is 4.81. The number of hydrogen-bond donors (Lipinski definition) is 1. The molecule has 0 spiro atoms. The molecule has 0 bridgehead atoms. The summed E-state index contributed by atoms with van der Waals surface area (Å²) in [6.07, 6.45) is 4.10. The molecule has 1 N–H and O–H groups in total. The van der Waals surface area contributed by atoms with Gasteiger partial charge < -0.3 is 14.6 Å². The van der Waals surface area contributed by atoms with Gasteiger partial charge in [0.2, 0.25) is 11.8 Å². The van der Waals surface area contributed by atoms with E-state index in [1.807, 2.05) is 20.8 Å². The Bertz CT molecular complexity index is 453. The summed E-state index contributed by atoms with van der Waals surface area (Å²) in [6, 6.07) is 0.0796. The van der Waals surface area contributed by atoms with Crippen LogP contribution < -0.4 is 5.32 Å². The number of rotatable bonds is 7. The monoisotopic (exact) mass is 295 g/mol. The molecular weight excluding hydrogens is 270 g/mol. The first-order chi connectivity index (χ1) is 10.1. The van der Waals surface area contributed by atoms with Gasteiger partial charge in [0.1, 0.15) is 0 Å². The first kappa shape index (κ1) is 15.9. The molecule has 1 fully saturated rings. The predicted octanol–water partition coefficient (Wildman–Crippen LogP) is 2.20. The van der Waals surface area contributed by atoms with E-state index in [4.69, 9.17) is 9.26 Å². The first-order valence-corrected chi connectivity index (χ1v) is 7.79. The number of carbonyl (C=O) groups excluding carboxylic acids is 1. The van der Waals surface area contributed by atoms with Crippen LogP contribution in [0.2, 0.25) is 0 Å². The van der Waals surface area contributed by atoms with Crippen molar-refractivity contribution in [2.45, 2.75) is 70.9 Å². The van der Waals surface area contributed by atoms with Crippen molar-refractivity contribution in [3.05, 3.63) is 11.7 Å². The second kappa shape index (κ2) is 7.54. The van der Waals surface area contributed by atoms with Gasteiger partial charge in [-0.3, -0.25) is 4.79 Å². The maximum Gasteiger partial charge on any atom is 0.226 e. The number of nitrogens with one attached hydrogen (secondary N) is 1. The Morgan fingerprint density at radius 1 is 1.43 bits per heavy atom. The molecule has 1 saturated heterocycles. The summed E-state index contributed by atoms with van der Waals surface area (Å²) in [4.78, 5) is 16.2. The van der Waals surface area contributed by atoms with Crippen LogP contribution >= 0.6 is 0 Å². The summed E-state index contributed by atoms with van der Waals surface area (Å²) >= 11 is 0. The Kier molecular flexibility index (Phi) is 5.73. The number of hydrogen-bond acceptors (Lipinski definition) is 5. The number of amides is 1. The largest absolute Gasteiger partial charge is 0.376 e. The summed E-state index contributed by atoms with van der Waals surface area (Å²) < 4.78 is 10.7. The molecule has 6 heteroatoms. The fraction of sp³-hybridized carbons (Fsp3) is 0.800. The van der Waals surface area contributed by atoms with Gasteiger partial charge in [0.25, 0.3) is 0 Å². The number of ether oxygens (including phenoxy) is 1. The van der Waals surface area contributed by atoms with Gasteiger partial charge in [-0.15, -0.1) is 0 Å². The highest BCUT2D eigenvalue weighted by Gasteiger charge is 2.23. The molecule has 0 radical (unpaired) electrons. The van der Waals surface area contributed by atoms with E-state index in [1.54, 1.807) is 0 Å². The van der Waals surface area contributed by atoms with Crippen molar-refractivity contribution in [3.63, 3.8) is 0 Å². The average Bonchev–Trinajstić information content (AvgIpc) is 3.10. The van der Waals surface area contributed by atoms with Crippen molar-refractivity contribution in [3.8, 4) is 0 Å². The highest BCUT2D eigenvalue weighted by Crippen LogP contribution is 2.15. The zero-order chi connectivity index (χ0) is 15.2. The maximum absolute atomic E-state index is 11.9. The fourth-order valence-electron chi connectivity index (χ4n) is 2.42. The molecule has 1 aromatic heterocycles. The Morgan fingerprint density at radius 2 is 2.24 bits per heavy atom. The third-order valence-electron chi connectivity index (χ3n) is 3.71. The Balaban J connectivity index is 1.66. The van der Waals surface area contributed by atoms with Gasteiger partial charge in [0, 0.05) is 25.4 Å². The molecule has 0 saturated carbocycles. The zero-order valence-electron chi connectivity index (χ0n) is 13.1. The smallest absolute Gasteiger partial charge is 0.226 e. The third-order valence-corrected chi connectivity index (χ3v) is 3.71. The molecule has 0 aromatic carbocycles. The zero-order valence-corrected chi connectivity index (χ0v) is 13.1. The topological polar surface area (TPSA) is 77.2 Å². The van der Waals surface area contributed by atoms with Crippen LogP contribution in [0.25, 0.3) is 0 Å². The minimum absolute atomic E-state index is 0.0570. The van der Waals surface area contributed by atoms with E-state index in [2.05, 4.69) is 15.5 Å². The molecule has 2 rings (SSSR count). The van der Waals surface area contributed by atoms with Crippen molar-refractivity contribution >= 4 is 5.91 Å². The number of aryl methyl sites for hydroxylation is 1. The minimum Gasteiger partial charge on any atom is -0.376 e. The summed E-state index contributed by atoms with van der Waals surface area (Å²) in [5.41, 5.74) is 0. The van der Waals surface area contributed by atoms with E-state index in [-0.39, 0.29) is 24.0 Å². The van der Waals surface area contributed by atoms with E-state index < -0.39 is 0 Å². The van der Waals surface area contributed by atoms with Crippen molar-refractivity contribution in [2.24, 2.45) is 0 Å². The van der Waals surface area contributed by atoms with Gasteiger partial charge in [-0.25, -0.2) is 0 Å². The van der Waals surface area contributed by atoms with Crippen LogP contribution in [-0.2, 0) is 16.0 Å². The predicted molar refractivity (Wildman–Crippen MR) is 77.9 cm³/mol. The molecule has 1 amide bonds. The average molecular weight is 295 g/mol. The van der Waals surface area contributed by atoms with E-state index in [0.717, 1.165) is 25.3 Å². The highest BCUT2D eigenvalue weighted by molar-refractivity contribution is 5.76. The SMILES string of the molecule is CC(C)c1noc(CCCC(=O)N[C@@H](C)[C@H]2CCCO2)n1. The summed E-state index contributed by atoms with van der Waals surface area (Å²) in [7, 11) is 0. The minimum atomic E-state index is 0.0570. The van der Waals surface area contributed by atoms with Crippen LogP contribution in [0, 0.1) is 0 Å². The Labute approximate surface area is 125 Å². The molecule has 1 aromatic rings. The van der Waals surface area contributed by atoms with Crippen molar-refractivity contribution in [2.75, 3.05) is 6.61 Å². The second-order valence-electron chi connectivity index (χ2n) is 5.96. The van der Waals surface area contributed by atoms with E-state index in [0.29, 0.717) is 25.2 Å². The molecule has 0 aliphatic carbocycles. The van der Waals surface area contributed by atoms with Gasteiger partial charge in [-0.05, 0) is 26.2 Å². The molecule has 1 aliphatic heterocycles. The normalized spacial score (nSPS) is 19.9. The van der Waals surface area contributed by atoms with Crippen molar-refractivity contribution in [1.29, 1.82) is 0 Å². The van der Waals surface area contributed by atoms with Crippen molar-refractivity contribution in [1.82, 2.24) is 15.5 Å². The van der Waals surface area contributed by atoms with Crippen molar-refractivity contribution < 1.29 is 14.1 Å². The maximum atomic E-state index is 11.9. The van der Waals surface area contributed by atoms with Crippen LogP contribution in [0.4, 0.5) is 0 Å². The van der Waals surface area contributed by atoms with E-state index >= 15 is 0 Å². The van der Waals surface area contributed by atoms with E-state index in [9.17, 15) is 4.79 Å². The molecule has 1 aliphatic rings. The lowest BCUT2D eigenvalue weighted by atomic mass is 10.1. The molecular formula is C15H25N3O3. The van der Waals surface area contributed by atoms with Crippen LogP contribution in [0.5, 0.6) is 0 Å². The lowest BCUT2D eigenvalue weighted by Gasteiger charge is -2.19. The molecule has 2 heterocycles. The molecule has 6 nitrogen and oxygen atoms in total. The first-order valence-electron chi connectivity index (χ1n) is 7.79. The lowest BCUT2D eigenvalue weighted by Crippen LogP contribution is -2.40. The number of carbonyl (C=O) groups is 1. The molecule has 0 unspecified atom stereocenters. The Morgan fingerprint density at radius 3 is 2.86 bits per heavy atom. The van der Waals surface area contributed by atoms with Crippen LogP contribution in [0.1, 0.15) is 64.1 Å². The lowest BCUT2D eigenvalue weighted by molar-refractivity contribution is -0.122. The van der Waals surface area contributed by atoms with E-state index in [1.165, 1.54) is 0 Å². The Hall–Kier alpha value is -1.43. The quantitative estimate of drug-likeness (QED) is 0.834. The number of aromatic nitrogens is 2. The highest BCUT2D eigenvalue weighted by atomic mass is 16.5. The van der Waals surface area contributed by atoms with Crippen LogP contribution in [-0.4, -0.2) is 34.8 Å². The summed E-state index contributed by atoms with van der Waals surface area (Å²) in [6.45, 7) is 6.85. The van der Waals surface area contributed by atoms with Gasteiger partial charge in [-0.1, -0.05) is 19.0 Å².